The molecule has 1 unspecified atom stereocenters. The van der Waals surface area contributed by atoms with Gasteiger partial charge < -0.3 is 15.0 Å². The summed E-state index contributed by atoms with van der Waals surface area (Å²) in [5.74, 6) is 0.286. The van der Waals surface area contributed by atoms with Crippen LogP contribution in [0.1, 0.15) is 70.1 Å². The van der Waals surface area contributed by atoms with Crippen molar-refractivity contribution in [3.63, 3.8) is 0 Å². The van der Waals surface area contributed by atoms with Gasteiger partial charge in [-0.3, -0.25) is 9.59 Å². The van der Waals surface area contributed by atoms with Crippen molar-refractivity contribution in [2.45, 2.75) is 84.3 Å². The fourth-order valence-electron chi connectivity index (χ4n) is 4.25. The first-order chi connectivity index (χ1) is 16.1. The molecule has 2 aromatic rings. The SMILES string of the molecule is Cc1ccccc1CN(C(=O)COc1ccc(C(C)(C)C)cc1Br)C(C)C(=O)NC1CCCC1. The third-order valence-corrected chi connectivity index (χ3v) is 7.24. The molecule has 0 bridgehead atoms. The van der Waals surface area contributed by atoms with Crippen LogP contribution in [0.3, 0.4) is 0 Å². The lowest BCUT2D eigenvalue weighted by molar-refractivity contribution is -0.142. The molecule has 1 saturated carbocycles. The average molecular weight is 530 g/mol. The van der Waals surface area contributed by atoms with Crippen LogP contribution in [-0.2, 0) is 21.5 Å². The zero-order chi connectivity index (χ0) is 24.9. The molecule has 3 rings (SSSR count). The van der Waals surface area contributed by atoms with Gasteiger partial charge in [0.2, 0.25) is 5.91 Å². The largest absolute Gasteiger partial charge is 0.483 e. The van der Waals surface area contributed by atoms with E-state index in [2.05, 4.69) is 42.0 Å². The van der Waals surface area contributed by atoms with Gasteiger partial charge in [0.1, 0.15) is 11.8 Å². The molecule has 0 aromatic heterocycles. The minimum Gasteiger partial charge on any atom is -0.483 e. The Bertz CT molecular complexity index is 1010. The van der Waals surface area contributed by atoms with Crippen LogP contribution in [0.25, 0.3) is 0 Å². The number of aryl methyl sites for hydroxylation is 1. The number of rotatable bonds is 8. The maximum absolute atomic E-state index is 13.4. The molecule has 1 N–H and O–H groups in total. The van der Waals surface area contributed by atoms with Crippen LogP contribution in [-0.4, -0.2) is 35.4 Å². The Morgan fingerprint density at radius 3 is 2.44 bits per heavy atom. The number of carbonyl (C=O) groups excluding carboxylic acids is 2. The first-order valence-corrected chi connectivity index (χ1v) is 12.9. The van der Waals surface area contributed by atoms with Crippen molar-refractivity contribution in [1.82, 2.24) is 10.2 Å². The lowest BCUT2D eigenvalue weighted by Crippen LogP contribution is -2.50. The number of nitrogens with zero attached hydrogens (tertiary/aromatic N) is 1. The summed E-state index contributed by atoms with van der Waals surface area (Å²) < 4.78 is 6.72. The highest BCUT2D eigenvalue weighted by Gasteiger charge is 2.29. The molecule has 34 heavy (non-hydrogen) atoms. The molecule has 1 fully saturated rings. The lowest BCUT2D eigenvalue weighted by atomic mass is 9.87. The van der Waals surface area contributed by atoms with E-state index < -0.39 is 6.04 Å². The molecule has 0 spiro atoms. The first kappa shape index (κ1) is 26.3. The van der Waals surface area contributed by atoms with Crippen LogP contribution >= 0.6 is 15.9 Å². The van der Waals surface area contributed by atoms with Gasteiger partial charge in [-0.15, -0.1) is 0 Å². The van der Waals surface area contributed by atoms with Crippen LogP contribution in [0.2, 0.25) is 0 Å². The quantitative estimate of drug-likeness (QED) is 0.463. The molecular formula is C28H37BrN2O3. The summed E-state index contributed by atoms with van der Waals surface area (Å²) in [5, 5.41) is 3.14. The topological polar surface area (TPSA) is 58.6 Å². The molecule has 0 aliphatic heterocycles. The number of benzene rings is 2. The van der Waals surface area contributed by atoms with E-state index in [1.165, 1.54) is 5.56 Å². The fraction of sp³-hybridized carbons (Fsp3) is 0.500. The van der Waals surface area contributed by atoms with Crippen molar-refractivity contribution in [3.8, 4) is 5.75 Å². The monoisotopic (exact) mass is 528 g/mol. The van der Waals surface area contributed by atoms with E-state index in [9.17, 15) is 9.59 Å². The van der Waals surface area contributed by atoms with Gasteiger partial charge >= 0.3 is 0 Å². The number of hydrogen-bond donors (Lipinski definition) is 1. The van der Waals surface area contributed by atoms with Crippen molar-refractivity contribution < 1.29 is 14.3 Å². The summed E-state index contributed by atoms with van der Waals surface area (Å²) in [5.41, 5.74) is 3.30. The van der Waals surface area contributed by atoms with Gasteiger partial charge in [-0.05, 0) is 76.9 Å². The molecule has 0 heterocycles. The van der Waals surface area contributed by atoms with Crippen molar-refractivity contribution >= 4 is 27.7 Å². The summed E-state index contributed by atoms with van der Waals surface area (Å²) in [6.45, 7) is 10.5. The molecular weight excluding hydrogens is 492 g/mol. The maximum atomic E-state index is 13.4. The van der Waals surface area contributed by atoms with Gasteiger partial charge in [0, 0.05) is 12.6 Å². The summed E-state index contributed by atoms with van der Waals surface area (Å²) in [4.78, 5) is 28.0. The first-order valence-electron chi connectivity index (χ1n) is 12.1. The van der Waals surface area contributed by atoms with Gasteiger partial charge in [0.05, 0.1) is 4.47 Å². The molecule has 1 aliphatic rings. The Hall–Kier alpha value is -2.34. The van der Waals surface area contributed by atoms with E-state index in [0.717, 1.165) is 41.3 Å². The van der Waals surface area contributed by atoms with E-state index in [1.54, 1.807) is 11.8 Å². The van der Waals surface area contributed by atoms with Crippen LogP contribution in [0, 0.1) is 6.92 Å². The van der Waals surface area contributed by atoms with Crippen LogP contribution in [0.5, 0.6) is 5.75 Å². The maximum Gasteiger partial charge on any atom is 0.261 e. The second-order valence-electron chi connectivity index (χ2n) is 10.3. The number of carbonyl (C=O) groups is 2. The van der Waals surface area contributed by atoms with Gasteiger partial charge in [-0.25, -0.2) is 0 Å². The summed E-state index contributed by atoms with van der Waals surface area (Å²) in [6, 6.07) is 13.5. The second kappa shape index (κ2) is 11.4. The summed E-state index contributed by atoms with van der Waals surface area (Å²) >= 11 is 3.58. The number of amides is 2. The minimum atomic E-state index is -0.594. The average Bonchev–Trinajstić information content (AvgIpc) is 3.29. The molecule has 0 radical (unpaired) electrons. The molecule has 184 valence electrons. The molecule has 2 amide bonds. The number of nitrogens with one attached hydrogen (secondary N) is 1. The van der Waals surface area contributed by atoms with E-state index in [-0.39, 0.29) is 29.9 Å². The van der Waals surface area contributed by atoms with Gasteiger partial charge in [0.15, 0.2) is 6.61 Å². The van der Waals surface area contributed by atoms with E-state index in [0.29, 0.717) is 12.3 Å². The van der Waals surface area contributed by atoms with Crippen LogP contribution in [0.15, 0.2) is 46.9 Å². The van der Waals surface area contributed by atoms with Crippen molar-refractivity contribution in [3.05, 3.63) is 63.6 Å². The molecule has 6 heteroatoms. The fourth-order valence-corrected chi connectivity index (χ4v) is 4.75. The number of ether oxygens (including phenoxy) is 1. The summed E-state index contributed by atoms with van der Waals surface area (Å²) in [6.07, 6.45) is 4.29. The van der Waals surface area contributed by atoms with Gasteiger partial charge in [-0.1, -0.05) is 63.9 Å². The highest BCUT2D eigenvalue weighted by atomic mass is 79.9. The normalized spacial score (nSPS) is 15.1. The highest BCUT2D eigenvalue weighted by Crippen LogP contribution is 2.31. The van der Waals surface area contributed by atoms with Gasteiger partial charge in [-0.2, -0.15) is 0 Å². The Labute approximate surface area is 212 Å². The lowest BCUT2D eigenvalue weighted by Gasteiger charge is -2.30. The standard InChI is InChI=1S/C28H37BrN2O3/c1-19-10-6-7-11-21(19)17-31(20(2)27(33)30-23-12-8-9-13-23)26(32)18-34-25-15-14-22(16-24(25)29)28(3,4)5/h6-7,10-11,14-16,20,23H,8-9,12-13,17-18H2,1-5H3,(H,30,33). The molecule has 5 nitrogen and oxygen atoms in total. The van der Waals surface area contributed by atoms with Crippen molar-refractivity contribution in [2.75, 3.05) is 6.61 Å². The second-order valence-corrected chi connectivity index (χ2v) is 11.2. The van der Waals surface area contributed by atoms with E-state index in [1.807, 2.05) is 49.4 Å². The predicted octanol–water partition coefficient (Wildman–Crippen LogP) is 5.91. The highest BCUT2D eigenvalue weighted by molar-refractivity contribution is 9.10. The Balaban J connectivity index is 1.74. The van der Waals surface area contributed by atoms with Crippen LogP contribution < -0.4 is 10.1 Å². The zero-order valence-electron chi connectivity index (χ0n) is 21.0. The molecule has 1 atom stereocenters. The smallest absolute Gasteiger partial charge is 0.261 e. The van der Waals surface area contributed by atoms with Crippen molar-refractivity contribution in [2.24, 2.45) is 0 Å². The Kier molecular flexibility index (Phi) is 8.80. The molecule has 1 aliphatic carbocycles. The third-order valence-electron chi connectivity index (χ3n) is 6.62. The summed E-state index contributed by atoms with van der Waals surface area (Å²) in [7, 11) is 0. The van der Waals surface area contributed by atoms with E-state index >= 15 is 0 Å². The Morgan fingerprint density at radius 1 is 1.15 bits per heavy atom. The number of halogens is 1. The van der Waals surface area contributed by atoms with Crippen molar-refractivity contribution in [1.29, 1.82) is 0 Å². The van der Waals surface area contributed by atoms with Crippen LogP contribution in [0.4, 0.5) is 0 Å². The van der Waals surface area contributed by atoms with E-state index in [4.69, 9.17) is 4.74 Å². The Morgan fingerprint density at radius 2 is 1.82 bits per heavy atom. The molecule has 0 saturated heterocycles. The predicted molar refractivity (Wildman–Crippen MR) is 140 cm³/mol. The van der Waals surface area contributed by atoms with Gasteiger partial charge in [0.25, 0.3) is 5.91 Å². The number of hydrogen-bond acceptors (Lipinski definition) is 3. The molecule has 2 aromatic carbocycles. The third kappa shape index (κ3) is 6.84. The minimum absolute atomic E-state index is 0.0172. The zero-order valence-corrected chi connectivity index (χ0v) is 22.6.